The molecule has 2 N–H and O–H groups in total. The molecule has 0 aliphatic rings. The minimum Gasteiger partial charge on any atom is -0.481 e. The van der Waals surface area contributed by atoms with E-state index in [1.807, 2.05) is 0 Å². The molecule has 1 unspecified atom stereocenters. The van der Waals surface area contributed by atoms with Crippen LogP contribution in [0.25, 0.3) is 0 Å². The van der Waals surface area contributed by atoms with Crippen molar-refractivity contribution < 1.29 is 9.90 Å². The Kier molecular flexibility index (Phi) is 3.34. The summed E-state index contributed by atoms with van der Waals surface area (Å²) in [5.74, 6) is -1.69. The maximum Gasteiger partial charge on any atom is 0.312 e. The largest absolute Gasteiger partial charge is 0.481 e. The van der Waals surface area contributed by atoms with Crippen molar-refractivity contribution in [2.75, 3.05) is 0 Å². The first kappa shape index (κ1) is 10.4. The number of nitrogens with zero attached hydrogens (tertiary/aromatic N) is 1. The molecular formula is C10H12N2O2. The van der Waals surface area contributed by atoms with Crippen molar-refractivity contribution in [3.05, 3.63) is 30.1 Å². The van der Waals surface area contributed by atoms with Crippen molar-refractivity contribution in [3.63, 3.8) is 0 Å². The number of carboxylic acid groups (broad SMARTS) is 1. The lowest BCUT2D eigenvalue weighted by Crippen LogP contribution is -2.23. The van der Waals surface area contributed by atoms with Gasteiger partial charge in [0.15, 0.2) is 0 Å². The molecule has 0 aliphatic carbocycles. The number of carboxylic acids is 1. The van der Waals surface area contributed by atoms with Gasteiger partial charge in [0, 0.05) is 18.0 Å². The Morgan fingerprint density at radius 2 is 2.43 bits per heavy atom. The van der Waals surface area contributed by atoms with E-state index >= 15 is 0 Å². The summed E-state index contributed by atoms with van der Waals surface area (Å²) < 4.78 is 0. The summed E-state index contributed by atoms with van der Waals surface area (Å²) in [5.41, 5.74) is 0.690. The zero-order valence-electron chi connectivity index (χ0n) is 7.90. The molecule has 1 heterocycles. The zero-order valence-corrected chi connectivity index (χ0v) is 7.90. The monoisotopic (exact) mass is 192 g/mol. The smallest absolute Gasteiger partial charge is 0.312 e. The third-order valence-electron chi connectivity index (χ3n) is 2.03. The van der Waals surface area contributed by atoms with Gasteiger partial charge in [-0.25, -0.2) is 0 Å². The van der Waals surface area contributed by atoms with Gasteiger partial charge in [-0.15, -0.1) is 0 Å². The van der Waals surface area contributed by atoms with E-state index < -0.39 is 11.9 Å². The number of pyridine rings is 1. The first-order valence-electron chi connectivity index (χ1n) is 4.38. The number of hydrogen-bond donors (Lipinski definition) is 2. The van der Waals surface area contributed by atoms with E-state index in [4.69, 9.17) is 10.5 Å². The van der Waals surface area contributed by atoms with Gasteiger partial charge in [-0.1, -0.05) is 13.0 Å². The van der Waals surface area contributed by atoms with Gasteiger partial charge < -0.3 is 10.5 Å². The molecule has 0 fully saturated rings. The lowest BCUT2D eigenvalue weighted by molar-refractivity contribution is -0.139. The lowest BCUT2D eigenvalue weighted by atomic mass is 9.96. The lowest BCUT2D eigenvalue weighted by Gasteiger charge is -2.10. The van der Waals surface area contributed by atoms with Gasteiger partial charge in [-0.2, -0.15) is 0 Å². The first-order valence-corrected chi connectivity index (χ1v) is 4.38. The van der Waals surface area contributed by atoms with Crippen LogP contribution in [0.5, 0.6) is 0 Å². The maximum atomic E-state index is 10.8. The van der Waals surface area contributed by atoms with Crippen LogP contribution in [0, 0.1) is 11.3 Å². The number of hydrogen-bond acceptors (Lipinski definition) is 3. The summed E-state index contributed by atoms with van der Waals surface area (Å²) in [6, 6.07) is 3.39. The Morgan fingerprint density at radius 1 is 1.71 bits per heavy atom. The highest BCUT2D eigenvalue weighted by Crippen LogP contribution is 2.11. The summed E-state index contributed by atoms with van der Waals surface area (Å²) in [6.07, 6.45) is 3.52. The molecule has 0 aliphatic heterocycles. The van der Waals surface area contributed by atoms with Crippen molar-refractivity contribution >= 4 is 11.7 Å². The fourth-order valence-electron chi connectivity index (χ4n) is 1.23. The van der Waals surface area contributed by atoms with Gasteiger partial charge in [-0.05, 0) is 12.5 Å². The third kappa shape index (κ3) is 2.16. The standard InChI is InChI=1S/C10H12N2O2/c1-2-8(10(13)14)9(11)7-4-3-5-12-6-7/h3-6,8,11H,2H2,1H3,(H,13,14). The molecular weight excluding hydrogens is 180 g/mol. The summed E-state index contributed by atoms with van der Waals surface area (Å²) >= 11 is 0. The molecule has 1 atom stereocenters. The molecule has 1 rings (SSSR count). The highest BCUT2D eigenvalue weighted by Gasteiger charge is 2.21. The van der Waals surface area contributed by atoms with Crippen LogP contribution < -0.4 is 0 Å². The van der Waals surface area contributed by atoms with Crippen LogP contribution in [0.1, 0.15) is 18.9 Å². The highest BCUT2D eigenvalue weighted by atomic mass is 16.4. The molecule has 0 saturated carbocycles. The van der Waals surface area contributed by atoms with Crippen LogP contribution in [-0.2, 0) is 4.79 Å². The fraction of sp³-hybridized carbons (Fsp3) is 0.300. The molecule has 0 bridgehead atoms. The quantitative estimate of drug-likeness (QED) is 0.711. The van der Waals surface area contributed by atoms with E-state index in [1.54, 1.807) is 25.3 Å². The van der Waals surface area contributed by atoms with Crippen LogP contribution in [0.3, 0.4) is 0 Å². The van der Waals surface area contributed by atoms with Gasteiger partial charge >= 0.3 is 5.97 Å². The molecule has 1 aromatic heterocycles. The molecule has 14 heavy (non-hydrogen) atoms. The maximum absolute atomic E-state index is 10.8. The number of aliphatic carboxylic acids is 1. The predicted octanol–water partition coefficient (Wildman–Crippen LogP) is 1.56. The molecule has 0 radical (unpaired) electrons. The molecule has 0 aromatic carbocycles. The molecule has 74 valence electrons. The Balaban J connectivity index is 2.89. The summed E-state index contributed by atoms with van der Waals surface area (Å²) in [4.78, 5) is 14.6. The predicted molar refractivity (Wildman–Crippen MR) is 52.5 cm³/mol. The van der Waals surface area contributed by atoms with Crippen molar-refractivity contribution in [3.8, 4) is 0 Å². The molecule has 4 nitrogen and oxygen atoms in total. The van der Waals surface area contributed by atoms with Crippen LogP contribution in [0.4, 0.5) is 0 Å². The van der Waals surface area contributed by atoms with Gasteiger partial charge in [0.05, 0.1) is 11.6 Å². The minimum absolute atomic E-state index is 0.119. The number of nitrogens with one attached hydrogen (secondary N) is 1. The third-order valence-corrected chi connectivity index (χ3v) is 2.03. The second-order valence-electron chi connectivity index (χ2n) is 2.95. The SMILES string of the molecule is CCC(C(=N)c1cccnc1)C(=O)O. The zero-order chi connectivity index (χ0) is 10.6. The second kappa shape index (κ2) is 4.50. The Bertz CT molecular complexity index is 335. The van der Waals surface area contributed by atoms with Crippen LogP contribution in [0.15, 0.2) is 24.5 Å². The molecule has 1 aromatic rings. The molecule has 0 spiro atoms. The first-order chi connectivity index (χ1) is 6.66. The summed E-state index contributed by atoms with van der Waals surface area (Å²) in [5, 5.41) is 16.5. The van der Waals surface area contributed by atoms with E-state index in [9.17, 15) is 4.79 Å². The number of carbonyl (C=O) groups is 1. The minimum atomic E-state index is -0.957. The number of rotatable bonds is 4. The second-order valence-corrected chi connectivity index (χ2v) is 2.95. The van der Waals surface area contributed by atoms with Gasteiger partial charge in [0.1, 0.15) is 0 Å². The van der Waals surface area contributed by atoms with Crippen molar-refractivity contribution in [1.29, 1.82) is 5.41 Å². The summed E-state index contributed by atoms with van der Waals surface area (Å²) in [6.45, 7) is 1.75. The van der Waals surface area contributed by atoms with Gasteiger partial charge in [0.2, 0.25) is 0 Å². The van der Waals surface area contributed by atoms with Crippen molar-refractivity contribution in [1.82, 2.24) is 4.98 Å². The van der Waals surface area contributed by atoms with Crippen LogP contribution >= 0.6 is 0 Å². The molecule has 4 heteroatoms. The average molecular weight is 192 g/mol. The Hall–Kier alpha value is -1.71. The highest BCUT2D eigenvalue weighted by molar-refractivity contribution is 6.09. The van der Waals surface area contributed by atoms with Crippen molar-refractivity contribution in [2.24, 2.45) is 5.92 Å². The topological polar surface area (TPSA) is 74.0 Å². The average Bonchev–Trinajstić information content (AvgIpc) is 2.19. The van der Waals surface area contributed by atoms with Gasteiger partial charge in [-0.3, -0.25) is 9.78 Å². The van der Waals surface area contributed by atoms with Crippen molar-refractivity contribution in [2.45, 2.75) is 13.3 Å². The van der Waals surface area contributed by atoms with Gasteiger partial charge in [0.25, 0.3) is 0 Å². The Morgan fingerprint density at radius 3 is 2.86 bits per heavy atom. The normalized spacial score (nSPS) is 12.1. The van der Waals surface area contributed by atoms with E-state index in [1.165, 1.54) is 6.20 Å². The van der Waals surface area contributed by atoms with E-state index in [2.05, 4.69) is 4.98 Å². The summed E-state index contributed by atoms with van der Waals surface area (Å²) in [7, 11) is 0. The molecule has 0 saturated heterocycles. The van der Waals surface area contributed by atoms with E-state index in [0.29, 0.717) is 12.0 Å². The van der Waals surface area contributed by atoms with Crippen LogP contribution in [-0.4, -0.2) is 21.8 Å². The number of aromatic nitrogens is 1. The molecule has 0 amide bonds. The van der Waals surface area contributed by atoms with E-state index in [0.717, 1.165) is 0 Å². The van der Waals surface area contributed by atoms with Crippen LogP contribution in [0.2, 0.25) is 0 Å². The Labute approximate surface area is 82.1 Å². The fourth-order valence-corrected chi connectivity index (χ4v) is 1.23. The van der Waals surface area contributed by atoms with E-state index in [-0.39, 0.29) is 5.71 Å².